The Morgan fingerprint density at radius 2 is 1.85 bits per heavy atom. The van der Waals surface area contributed by atoms with Gasteiger partial charge in [-0.3, -0.25) is 9.59 Å². The normalized spacial score (nSPS) is 19.2. The molecule has 3 rings (SSSR count). The first kappa shape index (κ1) is 26.2. The molecule has 1 N–H and O–H groups in total. The number of morpholine rings is 1. The number of rotatable bonds is 7. The number of halogens is 1. The van der Waals surface area contributed by atoms with Crippen molar-refractivity contribution in [1.82, 2.24) is 14.8 Å². The number of carbonyl (C=O) groups is 2. The maximum atomic E-state index is 13.8. The average Bonchev–Trinajstić information content (AvgIpc) is 3.39. The van der Waals surface area contributed by atoms with Gasteiger partial charge < -0.3 is 19.5 Å². The van der Waals surface area contributed by atoms with Crippen LogP contribution in [0.2, 0.25) is 0 Å². The van der Waals surface area contributed by atoms with Crippen LogP contribution in [-0.4, -0.2) is 72.2 Å². The molecule has 0 spiro atoms. The first-order valence-corrected chi connectivity index (χ1v) is 12.5. The van der Waals surface area contributed by atoms with E-state index in [2.05, 4.69) is 18.8 Å². The standard InChI is InChI=1S/C27H40FN3O3/c1-7-21(26(32)30-12-14-34-15-13-30)22(17(2)3)8-9-23-24(19(6)25(29-23)18(4)5)27(33)31-11-10-20(28)16-31/h7,18,20,29H,8-16H2,1-6H3/b21-7-/t20-/m1/s1. The highest BCUT2D eigenvalue weighted by Gasteiger charge is 2.31. The Labute approximate surface area is 203 Å². The van der Waals surface area contributed by atoms with E-state index in [1.165, 1.54) is 0 Å². The van der Waals surface area contributed by atoms with Crippen LogP contribution in [0, 0.1) is 6.92 Å². The van der Waals surface area contributed by atoms with E-state index in [0.717, 1.165) is 33.7 Å². The number of hydrogen-bond donors (Lipinski definition) is 1. The van der Waals surface area contributed by atoms with Crippen LogP contribution in [0.5, 0.6) is 0 Å². The smallest absolute Gasteiger partial charge is 0.256 e. The summed E-state index contributed by atoms with van der Waals surface area (Å²) in [4.78, 5) is 33.7. The van der Waals surface area contributed by atoms with Gasteiger partial charge in [-0.25, -0.2) is 4.39 Å². The number of aromatic amines is 1. The average molecular weight is 474 g/mol. The molecule has 1 aromatic heterocycles. The molecule has 7 heteroatoms. The van der Waals surface area contributed by atoms with E-state index in [0.29, 0.717) is 57.7 Å². The summed E-state index contributed by atoms with van der Waals surface area (Å²) in [6, 6.07) is 0. The number of nitrogens with one attached hydrogen (secondary N) is 1. The summed E-state index contributed by atoms with van der Waals surface area (Å²) < 4.78 is 19.2. The van der Waals surface area contributed by atoms with E-state index in [-0.39, 0.29) is 24.3 Å². The van der Waals surface area contributed by atoms with Crippen molar-refractivity contribution in [3.8, 4) is 0 Å². The third kappa shape index (κ3) is 5.62. The van der Waals surface area contributed by atoms with E-state index >= 15 is 0 Å². The molecule has 0 unspecified atom stereocenters. The van der Waals surface area contributed by atoms with E-state index in [4.69, 9.17) is 4.74 Å². The molecular formula is C27H40FN3O3. The van der Waals surface area contributed by atoms with Crippen LogP contribution in [0.15, 0.2) is 22.8 Å². The minimum atomic E-state index is -0.947. The zero-order valence-corrected chi connectivity index (χ0v) is 21.6. The zero-order chi connectivity index (χ0) is 25.0. The Bertz CT molecular complexity index is 966. The SMILES string of the molecule is C/C=C(\C(=O)N1CCOCC1)C(CCc1[nH]c(C(C)C)c(C)c1C(=O)N1CC[C@@H](F)C1)=C(C)C. The fraction of sp³-hybridized carbons (Fsp3) is 0.630. The van der Waals surface area contributed by atoms with E-state index in [1.807, 2.05) is 38.7 Å². The molecule has 188 valence electrons. The molecule has 3 heterocycles. The van der Waals surface area contributed by atoms with Gasteiger partial charge in [0.2, 0.25) is 0 Å². The molecular weight excluding hydrogens is 433 g/mol. The largest absolute Gasteiger partial charge is 0.378 e. The number of aromatic nitrogens is 1. The topological polar surface area (TPSA) is 65.6 Å². The Morgan fingerprint density at radius 3 is 2.38 bits per heavy atom. The second kappa shape index (κ2) is 11.3. The summed E-state index contributed by atoms with van der Waals surface area (Å²) in [6.07, 6.45) is 2.60. The summed E-state index contributed by atoms with van der Waals surface area (Å²) in [5, 5.41) is 0. The number of carbonyl (C=O) groups excluding carboxylic acids is 2. The Hall–Kier alpha value is -2.41. The quantitative estimate of drug-likeness (QED) is 0.461. The third-order valence-electron chi connectivity index (χ3n) is 6.95. The lowest BCUT2D eigenvalue weighted by Gasteiger charge is -2.28. The summed E-state index contributed by atoms with van der Waals surface area (Å²) in [5.41, 5.74) is 6.38. The maximum Gasteiger partial charge on any atom is 0.256 e. The fourth-order valence-electron chi connectivity index (χ4n) is 5.06. The number of alkyl halides is 1. The fourth-order valence-corrected chi connectivity index (χ4v) is 5.06. The molecule has 1 atom stereocenters. The van der Waals surface area contributed by atoms with Crippen molar-refractivity contribution < 1.29 is 18.7 Å². The van der Waals surface area contributed by atoms with Crippen molar-refractivity contribution in [2.45, 2.75) is 72.9 Å². The van der Waals surface area contributed by atoms with Gasteiger partial charge in [0.05, 0.1) is 25.3 Å². The molecule has 2 fully saturated rings. The lowest BCUT2D eigenvalue weighted by atomic mass is 9.93. The van der Waals surface area contributed by atoms with Gasteiger partial charge in [0, 0.05) is 36.6 Å². The van der Waals surface area contributed by atoms with Gasteiger partial charge in [-0.05, 0) is 64.0 Å². The predicted octanol–water partition coefficient (Wildman–Crippen LogP) is 4.70. The highest BCUT2D eigenvalue weighted by Crippen LogP contribution is 2.30. The molecule has 2 saturated heterocycles. The van der Waals surface area contributed by atoms with Gasteiger partial charge >= 0.3 is 0 Å². The summed E-state index contributed by atoms with van der Waals surface area (Å²) in [7, 11) is 0. The Balaban J connectivity index is 1.87. The molecule has 0 bridgehead atoms. The molecule has 6 nitrogen and oxygen atoms in total. The summed E-state index contributed by atoms with van der Waals surface area (Å²) in [5.74, 6) is 0.185. The van der Waals surface area contributed by atoms with Crippen LogP contribution in [0.4, 0.5) is 4.39 Å². The molecule has 0 aliphatic carbocycles. The zero-order valence-electron chi connectivity index (χ0n) is 21.6. The predicted molar refractivity (Wildman–Crippen MR) is 133 cm³/mol. The molecule has 0 radical (unpaired) electrons. The molecule has 2 amide bonds. The lowest BCUT2D eigenvalue weighted by molar-refractivity contribution is -0.130. The van der Waals surface area contributed by atoms with E-state index in [1.54, 1.807) is 4.90 Å². The van der Waals surface area contributed by atoms with Crippen LogP contribution in [0.3, 0.4) is 0 Å². The van der Waals surface area contributed by atoms with Crippen molar-refractivity contribution in [2.24, 2.45) is 0 Å². The van der Waals surface area contributed by atoms with E-state index < -0.39 is 6.17 Å². The number of aryl methyl sites for hydroxylation is 1. The van der Waals surface area contributed by atoms with Crippen molar-refractivity contribution in [2.75, 3.05) is 39.4 Å². The number of allylic oxidation sites excluding steroid dienone is 2. The highest BCUT2D eigenvalue weighted by molar-refractivity contribution is 5.98. The van der Waals surface area contributed by atoms with Gasteiger partial charge in [-0.2, -0.15) is 0 Å². The molecule has 2 aliphatic heterocycles. The maximum absolute atomic E-state index is 13.8. The van der Waals surface area contributed by atoms with Crippen molar-refractivity contribution in [1.29, 1.82) is 0 Å². The number of likely N-dealkylation sites (tertiary alicyclic amines) is 1. The van der Waals surface area contributed by atoms with Gasteiger partial charge in [0.25, 0.3) is 11.8 Å². The van der Waals surface area contributed by atoms with Gasteiger partial charge in [0.1, 0.15) is 6.17 Å². The molecule has 0 aromatic carbocycles. The Kier molecular flexibility index (Phi) is 8.74. The monoisotopic (exact) mass is 473 g/mol. The molecule has 2 aliphatic rings. The number of H-pyrrole nitrogens is 1. The van der Waals surface area contributed by atoms with E-state index in [9.17, 15) is 14.0 Å². The lowest BCUT2D eigenvalue weighted by Crippen LogP contribution is -2.41. The van der Waals surface area contributed by atoms with Crippen LogP contribution < -0.4 is 0 Å². The minimum Gasteiger partial charge on any atom is -0.378 e. The number of ether oxygens (including phenoxy) is 1. The van der Waals surface area contributed by atoms with Crippen LogP contribution >= 0.6 is 0 Å². The van der Waals surface area contributed by atoms with Crippen molar-refractivity contribution in [3.05, 3.63) is 45.3 Å². The molecule has 34 heavy (non-hydrogen) atoms. The van der Waals surface area contributed by atoms with Crippen LogP contribution in [-0.2, 0) is 16.0 Å². The first-order valence-electron chi connectivity index (χ1n) is 12.5. The highest BCUT2D eigenvalue weighted by atomic mass is 19.1. The second-order valence-corrected chi connectivity index (χ2v) is 9.89. The van der Waals surface area contributed by atoms with Crippen LogP contribution in [0.25, 0.3) is 0 Å². The van der Waals surface area contributed by atoms with Crippen LogP contribution in [0.1, 0.15) is 80.7 Å². The van der Waals surface area contributed by atoms with Gasteiger partial charge in [-0.15, -0.1) is 0 Å². The third-order valence-corrected chi connectivity index (χ3v) is 6.95. The van der Waals surface area contributed by atoms with Crippen molar-refractivity contribution in [3.63, 3.8) is 0 Å². The molecule has 0 saturated carbocycles. The summed E-state index contributed by atoms with van der Waals surface area (Å²) >= 11 is 0. The Morgan fingerprint density at radius 1 is 1.18 bits per heavy atom. The number of nitrogens with zero attached hydrogens (tertiary/aromatic N) is 2. The van der Waals surface area contributed by atoms with Gasteiger partial charge in [-0.1, -0.05) is 25.5 Å². The molecule has 1 aromatic rings. The second-order valence-electron chi connectivity index (χ2n) is 9.89. The minimum absolute atomic E-state index is 0.0369. The van der Waals surface area contributed by atoms with Crippen molar-refractivity contribution >= 4 is 11.8 Å². The first-order chi connectivity index (χ1) is 16.1. The number of amides is 2. The van der Waals surface area contributed by atoms with Gasteiger partial charge in [0.15, 0.2) is 0 Å². The summed E-state index contributed by atoms with van der Waals surface area (Å²) in [6.45, 7) is 15.1. The number of hydrogen-bond acceptors (Lipinski definition) is 3.